The molecule has 5 rings (SSSR count). The molecule has 8 nitrogen and oxygen atoms in total. The van der Waals surface area contributed by atoms with E-state index in [1.807, 2.05) is 13.8 Å². The van der Waals surface area contributed by atoms with E-state index in [9.17, 15) is 9.18 Å². The molecule has 3 heterocycles. The fourth-order valence-electron chi connectivity index (χ4n) is 3.67. The molecule has 0 amide bonds. The predicted molar refractivity (Wildman–Crippen MR) is 98.5 cm³/mol. The van der Waals surface area contributed by atoms with E-state index >= 15 is 0 Å². The van der Waals surface area contributed by atoms with Crippen LogP contribution < -0.4 is 5.56 Å². The maximum Gasteiger partial charge on any atom is 0.279 e. The third kappa shape index (κ3) is 2.19. The van der Waals surface area contributed by atoms with Crippen LogP contribution in [-0.4, -0.2) is 31.2 Å². The second-order valence-electron chi connectivity index (χ2n) is 7.31. The van der Waals surface area contributed by atoms with Crippen molar-refractivity contribution in [3.63, 3.8) is 0 Å². The van der Waals surface area contributed by atoms with Gasteiger partial charge in [-0.25, -0.2) is 9.37 Å². The molecule has 0 saturated heterocycles. The second-order valence-corrected chi connectivity index (χ2v) is 7.31. The van der Waals surface area contributed by atoms with Crippen molar-refractivity contribution in [3.8, 4) is 11.6 Å². The van der Waals surface area contributed by atoms with Crippen LogP contribution in [0.3, 0.4) is 0 Å². The molecule has 9 heteroatoms. The van der Waals surface area contributed by atoms with Gasteiger partial charge in [0.05, 0.1) is 5.52 Å². The van der Waals surface area contributed by atoms with E-state index in [1.54, 1.807) is 23.6 Å². The normalized spacial score (nSPS) is 15.8. The van der Waals surface area contributed by atoms with Gasteiger partial charge in [0.2, 0.25) is 5.82 Å². The summed E-state index contributed by atoms with van der Waals surface area (Å²) in [5, 5.41) is 4.02. The highest BCUT2D eigenvalue weighted by Gasteiger charge is 2.49. The number of halogens is 1. The standard InChI is InChI=1S/C19H18FN5O3/c1-10(2)25-14-11(20)5-4-6-12(14)24-9-21-13(15(24)17(25)26)16-22-18(23-28-16)19(27-3)7-8-19/h4-6,9-10H,7-8H2,1-3H3. The number of nitrogens with zero attached hydrogens (tertiary/aromatic N) is 5. The van der Waals surface area contributed by atoms with Gasteiger partial charge in [-0.1, -0.05) is 11.2 Å². The Kier molecular flexibility index (Phi) is 3.48. The van der Waals surface area contributed by atoms with Gasteiger partial charge in [-0.15, -0.1) is 0 Å². The van der Waals surface area contributed by atoms with Gasteiger partial charge in [-0.05, 0) is 38.8 Å². The van der Waals surface area contributed by atoms with Crippen molar-refractivity contribution in [3.05, 3.63) is 46.5 Å². The first-order chi connectivity index (χ1) is 13.5. The Balaban J connectivity index is 1.81. The number of benzene rings is 1. The van der Waals surface area contributed by atoms with Gasteiger partial charge in [-0.3, -0.25) is 13.8 Å². The highest BCUT2D eigenvalue weighted by molar-refractivity contribution is 5.83. The van der Waals surface area contributed by atoms with E-state index in [2.05, 4.69) is 15.1 Å². The molecule has 0 bridgehead atoms. The maximum atomic E-state index is 14.6. The van der Waals surface area contributed by atoms with Crippen molar-refractivity contribution in [2.75, 3.05) is 7.11 Å². The third-order valence-electron chi connectivity index (χ3n) is 5.30. The Labute approximate surface area is 158 Å². The molecule has 1 aliphatic rings. The average molecular weight is 383 g/mol. The van der Waals surface area contributed by atoms with Crippen LogP contribution in [0.25, 0.3) is 28.1 Å². The van der Waals surface area contributed by atoms with Crippen LogP contribution in [0.2, 0.25) is 0 Å². The summed E-state index contributed by atoms with van der Waals surface area (Å²) < 4.78 is 28.5. The highest BCUT2D eigenvalue weighted by Crippen LogP contribution is 2.47. The van der Waals surface area contributed by atoms with E-state index in [1.165, 1.54) is 17.0 Å². The minimum Gasteiger partial charge on any atom is -0.370 e. The number of aromatic nitrogens is 5. The van der Waals surface area contributed by atoms with Crippen molar-refractivity contribution in [2.24, 2.45) is 0 Å². The zero-order valence-corrected chi connectivity index (χ0v) is 15.6. The summed E-state index contributed by atoms with van der Waals surface area (Å²) in [6, 6.07) is 4.44. The Morgan fingerprint density at radius 2 is 2.07 bits per heavy atom. The minimum absolute atomic E-state index is 0.143. The number of para-hydroxylation sites is 1. The van der Waals surface area contributed by atoms with E-state index in [-0.39, 0.29) is 34.2 Å². The largest absolute Gasteiger partial charge is 0.370 e. The molecule has 3 aromatic heterocycles. The molecular formula is C19H18FN5O3. The minimum atomic E-state index is -0.509. The number of hydrogen-bond donors (Lipinski definition) is 0. The fourth-order valence-corrected chi connectivity index (χ4v) is 3.67. The van der Waals surface area contributed by atoms with Crippen molar-refractivity contribution < 1.29 is 13.7 Å². The maximum absolute atomic E-state index is 14.6. The summed E-state index contributed by atoms with van der Waals surface area (Å²) in [5.41, 5.74) is 0.442. The van der Waals surface area contributed by atoms with Gasteiger partial charge in [0, 0.05) is 13.2 Å². The third-order valence-corrected chi connectivity index (χ3v) is 5.30. The van der Waals surface area contributed by atoms with Crippen molar-refractivity contribution >= 4 is 16.6 Å². The molecule has 1 fully saturated rings. The van der Waals surface area contributed by atoms with Gasteiger partial charge in [-0.2, -0.15) is 4.98 Å². The monoisotopic (exact) mass is 383 g/mol. The summed E-state index contributed by atoms with van der Waals surface area (Å²) >= 11 is 0. The molecule has 1 aliphatic carbocycles. The number of rotatable bonds is 4. The summed E-state index contributed by atoms with van der Waals surface area (Å²) in [6.07, 6.45) is 3.11. The smallest absolute Gasteiger partial charge is 0.279 e. The van der Waals surface area contributed by atoms with Crippen molar-refractivity contribution in [2.45, 2.75) is 38.3 Å². The van der Waals surface area contributed by atoms with Crippen LogP contribution in [0.4, 0.5) is 4.39 Å². The van der Waals surface area contributed by atoms with Crippen LogP contribution in [0.1, 0.15) is 38.6 Å². The van der Waals surface area contributed by atoms with E-state index in [0.717, 1.165) is 12.8 Å². The lowest BCUT2D eigenvalue weighted by atomic mass is 10.2. The quantitative estimate of drug-likeness (QED) is 0.538. The number of fused-ring (bicyclic) bond motifs is 3. The lowest BCUT2D eigenvalue weighted by Crippen LogP contribution is -2.25. The molecular weight excluding hydrogens is 365 g/mol. The molecule has 0 unspecified atom stereocenters. The molecule has 4 aromatic rings. The number of ether oxygens (including phenoxy) is 1. The van der Waals surface area contributed by atoms with Crippen molar-refractivity contribution in [1.29, 1.82) is 0 Å². The molecule has 0 N–H and O–H groups in total. The zero-order valence-electron chi connectivity index (χ0n) is 15.6. The molecule has 0 spiro atoms. The molecule has 0 radical (unpaired) electrons. The summed E-state index contributed by atoms with van der Waals surface area (Å²) in [5.74, 6) is 0.127. The van der Waals surface area contributed by atoms with Crippen LogP contribution in [0, 0.1) is 5.82 Å². The molecule has 0 aliphatic heterocycles. The first kappa shape index (κ1) is 17.1. The van der Waals surface area contributed by atoms with Gasteiger partial charge >= 0.3 is 0 Å². The van der Waals surface area contributed by atoms with Crippen LogP contribution >= 0.6 is 0 Å². The topological polar surface area (TPSA) is 87.5 Å². The average Bonchev–Trinajstić information content (AvgIpc) is 3.11. The van der Waals surface area contributed by atoms with Crippen LogP contribution in [0.15, 0.2) is 33.8 Å². The predicted octanol–water partition coefficient (Wildman–Crippen LogP) is 3.05. The molecule has 144 valence electrons. The Morgan fingerprint density at radius 1 is 1.29 bits per heavy atom. The Morgan fingerprint density at radius 3 is 2.75 bits per heavy atom. The van der Waals surface area contributed by atoms with E-state index < -0.39 is 11.4 Å². The SMILES string of the molecule is COC1(c2noc(-c3ncn4c3c(=O)n(C(C)C)c3c(F)cccc34)n2)CC1. The fraction of sp³-hybridized carbons (Fsp3) is 0.368. The summed E-state index contributed by atoms with van der Waals surface area (Å²) in [6.45, 7) is 3.67. The van der Waals surface area contributed by atoms with Gasteiger partial charge < -0.3 is 9.26 Å². The van der Waals surface area contributed by atoms with Crippen LogP contribution in [0.5, 0.6) is 0 Å². The molecule has 0 atom stereocenters. The summed E-state index contributed by atoms with van der Waals surface area (Å²) in [4.78, 5) is 22.0. The van der Waals surface area contributed by atoms with E-state index in [4.69, 9.17) is 9.26 Å². The lowest BCUT2D eigenvalue weighted by Gasteiger charge is -2.16. The molecule has 28 heavy (non-hydrogen) atoms. The first-order valence-electron chi connectivity index (χ1n) is 9.06. The van der Waals surface area contributed by atoms with Gasteiger partial charge in [0.1, 0.15) is 28.8 Å². The van der Waals surface area contributed by atoms with Gasteiger partial charge in [0.15, 0.2) is 5.69 Å². The number of methoxy groups -OCH3 is 1. The number of hydrogen-bond acceptors (Lipinski definition) is 6. The number of imidazole rings is 1. The Bertz CT molecular complexity index is 1280. The van der Waals surface area contributed by atoms with Crippen molar-refractivity contribution in [1.82, 2.24) is 24.1 Å². The zero-order chi connectivity index (χ0) is 19.6. The highest BCUT2D eigenvalue weighted by atomic mass is 19.1. The van der Waals surface area contributed by atoms with E-state index in [0.29, 0.717) is 11.3 Å². The lowest BCUT2D eigenvalue weighted by molar-refractivity contribution is 0.0689. The molecule has 1 aromatic carbocycles. The second kappa shape index (κ2) is 5.71. The molecule has 1 saturated carbocycles. The first-order valence-corrected chi connectivity index (χ1v) is 9.06. The van der Waals surface area contributed by atoms with Gasteiger partial charge in [0.25, 0.3) is 11.4 Å². The van der Waals surface area contributed by atoms with Crippen LogP contribution in [-0.2, 0) is 10.3 Å². The summed E-state index contributed by atoms with van der Waals surface area (Å²) in [7, 11) is 1.61. The Hall–Kier alpha value is -3.07.